The van der Waals surface area contributed by atoms with Gasteiger partial charge in [0.05, 0.1) is 0 Å². The first-order chi connectivity index (χ1) is 15.4. The fourth-order valence-electron chi connectivity index (χ4n) is 5.53. The van der Waals surface area contributed by atoms with E-state index >= 15 is 0 Å². The Hall–Kier alpha value is -1.30. The SMILES string of the molecule is C=CCCCCC1CC(C(C=C(CC)CC)CC)=CC(/C(C)=C/C=C\CC)C1CC(C)C. The van der Waals surface area contributed by atoms with Crippen molar-refractivity contribution in [3.8, 4) is 0 Å². The first kappa shape index (κ1) is 28.7. The van der Waals surface area contributed by atoms with Gasteiger partial charge in [-0.05, 0) is 88.4 Å². The van der Waals surface area contributed by atoms with Gasteiger partial charge in [-0.3, -0.25) is 0 Å². The molecule has 1 aliphatic rings. The molecule has 1 rings (SSSR count). The fourth-order valence-corrected chi connectivity index (χ4v) is 5.53. The van der Waals surface area contributed by atoms with Crippen LogP contribution in [0, 0.1) is 29.6 Å². The molecule has 0 spiro atoms. The van der Waals surface area contributed by atoms with Crippen LogP contribution in [0.5, 0.6) is 0 Å². The monoisotopic (exact) mass is 438 g/mol. The van der Waals surface area contributed by atoms with E-state index in [0.717, 1.165) is 30.6 Å². The van der Waals surface area contributed by atoms with Crippen LogP contribution in [0.3, 0.4) is 0 Å². The van der Waals surface area contributed by atoms with Gasteiger partial charge in [0.25, 0.3) is 0 Å². The van der Waals surface area contributed by atoms with Gasteiger partial charge in [0, 0.05) is 5.92 Å². The molecule has 4 atom stereocenters. The number of hydrogen-bond acceptors (Lipinski definition) is 0. The zero-order chi connectivity index (χ0) is 23.9. The van der Waals surface area contributed by atoms with Gasteiger partial charge in [-0.1, -0.05) is 101 Å². The summed E-state index contributed by atoms with van der Waals surface area (Å²) >= 11 is 0. The number of hydrogen-bond donors (Lipinski definition) is 0. The number of rotatable bonds is 15. The van der Waals surface area contributed by atoms with Crippen LogP contribution in [0.15, 0.2) is 59.8 Å². The first-order valence-electron chi connectivity index (χ1n) is 13.8. The van der Waals surface area contributed by atoms with Crippen molar-refractivity contribution in [2.24, 2.45) is 29.6 Å². The lowest BCUT2D eigenvalue weighted by atomic mass is 9.64. The van der Waals surface area contributed by atoms with Crippen LogP contribution in [0.1, 0.15) is 113 Å². The molecule has 0 bridgehead atoms. The quantitative estimate of drug-likeness (QED) is 0.135. The van der Waals surface area contributed by atoms with E-state index in [9.17, 15) is 0 Å². The molecule has 0 aromatic rings. The molecule has 0 heterocycles. The summed E-state index contributed by atoms with van der Waals surface area (Å²) in [5.41, 5.74) is 4.90. The van der Waals surface area contributed by atoms with Gasteiger partial charge >= 0.3 is 0 Å². The highest BCUT2D eigenvalue weighted by Crippen LogP contribution is 2.46. The summed E-state index contributed by atoms with van der Waals surface area (Å²) < 4.78 is 0. The van der Waals surface area contributed by atoms with Crippen LogP contribution in [0.2, 0.25) is 0 Å². The Balaban J connectivity index is 3.37. The van der Waals surface area contributed by atoms with E-state index in [2.05, 4.69) is 91.5 Å². The van der Waals surface area contributed by atoms with Crippen molar-refractivity contribution in [3.05, 3.63) is 59.8 Å². The zero-order valence-corrected chi connectivity index (χ0v) is 22.6. The summed E-state index contributed by atoms with van der Waals surface area (Å²) in [4.78, 5) is 0. The van der Waals surface area contributed by atoms with Crippen molar-refractivity contribution in [2.45, 2.75) is 113 Å². The normalized spacial score (nSPS) is 22.8. The largest absolute Gasteiger partial charge is 0.103 e. The Morgan fingerprint density at radius 3 is 2.41 bits per heavy atom. The van der Waals surface area contributed by atoms with Crippen LogP contribution in [0.4, 0.5) is 0 Å². The minimum Gasteiger partial charge on any atom is -0.103 e. The third kappa shape index (κ3) is 9.68. The van der Waals surface area contributed by atoms with Crippen LogP contribution >= 0.6 is 0 Å². The second-order valence-corrected chi connectivity index (χ2v) is 10.4. The van der Waals surface area contributed by atoms with Crippen LogP contribution in [0.25, 0.3) is 0 Å². The van der Waals surface area contributed by atoms with Crippen LogP contribution < -0.4 is 0 Å². The summed E-state index contributed by atoms with van der Waals surface area (Å²) in [6.45, 7) is 20.4. The Labute approximate surface area is 202 Å². The highest BCUT2D eigenvalue weighted by Gasteiger charge is 2.35. The maximum atomic E-state index is 3.93. The average Bonchev–Trinajstić information content (AvgIpc) is 2.78. The smallest absolute Gasteiger partial charge is 0.00111 e. The van der Waals surface area contributed by atoms with Gasteiger partial charge in [-0.15, -0.1) is 6.58 Å². The highest BCUT2D eigenvalue weighted by molar-refractivity contribution is 5.28. The molecule has 0 nitrogen and oxygen atoms in total. The third-order valence-corrected chi connectivity index (χ3v) is 7.45. The van der Waals surface area contributed by atoms with E-state index in [-0.39, 0.29) is 0 Å². The fraction of sp³-hybridized carbons (Fsp3) is 0.688. The van der Waals surface area contributed by atoms with Crippen molar-refractivity contribution >= 4 is 0 Å². The van der Waals surface area contributed by atoms with Gasteiger partial charge in [0.15, 0.2) is 0 Å². The van der Waals surface area contributed by atoms with E-state index in [0.29, 0.717) is 11.8 Å². The number of unbranched alkanes of at least 4 members (excludes halogenated alkanes) is 2. The maximum Gasteiger partial charge on any atom is 0.00111 e. The van der Waals surface area contributed by atoms with Crippen molar-refractivity contribution in [1.82, 2.24) is 0 Å². The third-order valence-electron chi connectivity index (χ3n) is 7.45. The lowest BCUT2D eigenvalue weighted by molar-refractivity contribution is 0.202. The van der Waals surface area contributed by atoms with Gasteiger partial charge in [0.2, 0.25) is 0 Å². The summed E-state index contributed by atoms with van der Waals surface area (Å²) in [6.07, 6.45) is 26.9. The van der Waals surface area contributed by atoms with Crippen LogP contribution in [-0.4, -0.2) is 0 Å². The second kappa shape index (κ2) is 16.3. The predicted molar refractivity (Wildman–Crippen MR) is 147 cm³/mol. The zero-order valence-electron chi connectivity index (χ0n) is 22.6. The maximum absolute atomic E-state index is 3.93. The van der Waals surface area contributed by atoms with Gasteiger partial charge in [0.1, 0.15) is 0 Å². The van der Waals surface area contributed by atoms with Crippen molar-refractivity contribution in [3.63, 3.8) is 0 Å². The van der Waals surface area contributed by atoms with Gasteiger partial charge in [-0.25, -0.2) is 0 Å². The summed E-state index contributed by atoms with van der Waals surface area (Å²) in [5.74, 6) is 3.52. The van der Waals surface area contributed by atoms with Crippen molar-refractivity contribution in [1.29, 1.82) is 0 Å². The van der Waals surface area contributed by atoms with E-state index < -0.39 is 0 Å². The summed E-state index contributed by atoms with van der Waals surface area (Å²) in [6, 6.07) is 0. The van der Waals surface area contributed by atoms with Crippen molar-refractivity contribution in [2.75, 3.05) is 0 Å². The molecule has 0 heteroatoms. The molecule has 4 unspecified atom stereocenters. The predicted octanol–water partition coefficient (Wildman–Crippen LogP) is 10.6. The molecule has 0 saturated carbocycles. The van der Waals surface area contributed by atoms with E-state index in [4.69, 9.17) is 0 Å². The molecule has 182 valence electrons. The molecule has 0 radical (unpaired) electrons. The molecule has 0 fully saturated rings. The summed E-state index contributed by atoms with van der Waals surface area (Å²) in [7, 11) is 0. The minimum atomic E-state index is 0.584. The molecule has 1 aliphatic carbocycles. The Morgan fingerprint density at radius 2 is 1.84 bits per heavy atom. The Bertz CT molecular complexity index is 633. The second-order valence-electron chi connectivity index (χ2n) is 10.4. The van der Waals surface area contributed by atoms with Gasteiger partial charge in [-0.2, -0.15) is 0 Å². The molecule has 0 N–H and O–H groups in total. The molecular weight excluding hydrogens is 384 g/mol. The molecular formula is C32H54. The molecule has 0 aliphatic heterocycles. The molecule has 32 heavy (non-hydrogen) atoms. The minimum absolute atomic E-state index is 0.584. The van der Waals surface area contributed by atoms with Crippen LogP contribution in [-0.2, 0) is 0 Å². The Morgan fingerprint density at radius 1 is 1.12 bits per heavy atom. The summed E-state index contributed by atoms with van der Waals surface area (Å²) in [5, 5.41) is 0. The lowest BCUT2D eigenvalue weighted by Gasteiger charge is -2.41. The van der Waals surface area contributed by atoms with E-state index in [1.165, 1.54) is 51.4 Å². The Kier molecular flexibility index (Phi) is 14.7. The topological polar surface area (TPSA) is 0 Å². The first-order valence-corrected chi connectivity index (χ1v) is 13.8. The van der Waals surface area contributed by atoms with E-state index in [1.807, 2.05) is 0 Å². The van der Waals surface area contributed by atoms with E-state index in [1.54, 1.807) is 16.7 Å². The molecule has 0 aromatic heterocycles. The average molecular weight is 439 g/mol. The number of allylic oxidation sites excluding steroid dienone is 9. The molecule has 0 saturated heterocycles. The lowest BCUT2D eigenvalue weighted by Crippen LogP contribution is -2.31. The van der Waals surface area contributed by atoms with Gasteiger partial charge < -0.3 is 0 Å². The molecule has 0 aromatic carbocycles. The highest BCUT2D eigenvalue weighted by atomic mass is 14.4. The standard InChI is InChI=1S/C32H54/c1-9-14-16-18-20-29-23-30(28(13-5)22-27(11-3)12-4)24-31(32(29)21-25(6)7)26(8)19-17-15-10-2/h9,15,17,19,22,24-25,28-29,31-32H,1,10-14,16,18,20-21,23H2,2-8H3/b17-15-,26-19+. The van der Waals surface area contributed by atoms with Crippen molar-refractivity contribution < 1.29 is 0 Å². The molecule has 0 amide bonds.